The minimum atomic E-state index is -0.329. The number of amides is 2. The predicted molar refractivity (Wildman–Crippen MR) is 55.2 cm³/mol. The van der Waals surface area contributed by atoms with Crippen molar-refractivity contribution in [1.29, 1.82) is 0 Å². The van der Waals surface area contributed by atoms with Crippen LogP contribution in [0.15, 0.2) is 11.4 Å². The molecule has 0 aliphatic carbocycles. The molecule has 0 aromatic carbocycles. The molecule has 3 nitrogen and oxygen atoms in total. The van der Waals surface area contributed by atoms with E-state index in [4.69, 9.17) is 0 Å². The number of halogens is 1. The van der Waals surface area contributed by atoms with Gasteiger partial charge < -0.3 is 0 Å². The van der Waals surface area contributed by atoms with Gasteiger partial charge in [-0.05, 0) is 34.0 Å². The monoisotopic (exact) mass is 295 g/mol. The Labute approximate surface area is 87.3 Å². The Morgan fingerprint density at radius 3 is 2.67 bits per heavy atom. The second-order valence-electron chi connectivity index (χ2n) is 2.11. The zero-order valence-corrected chi connectivity index (χ0v) is 9.23. The summed E-state index contributed by atoms with van der Waals surface area (Å²) >= 11 is 3.38. The highest BCUT2D eigenvalue weighted by Gasteiger charge is 2.11. The Morgan fingerprint density at radius 1 is 1.58 bits per heavy atom. The largest absolute Gasteiger partial charge is 0.292 e. The number of hydrogen-bond donors (Lipinski definition) is 1. The molecule has 0 atom stereocenters. The molecule has 0 saturated heterocycles. The van der Waals surface area contributed by atoms with Crippen molar-refractivity contribution in [3.63, 3.8) is 0 Å². The van der Waals surface area contributed by atoms with Crippen LogP contribution in [0.4, 0.5) is 0 Å². The number of hydrogen-bond acceptors (Lipinski definition) is 3. The summed E-state index contributed by atoms with van der Waals surface area (Å²) in [5.74, 6) is -0.647. The number of imide groups is 1. The average molecular weight is 295 g/mol. The molecule has 0 fully saturated rings. The van der Waals surface area contributed by atoms with Crippen molar-refractivity contribution >= 4 is 45.7 Å². The second-order valence-corrected chi connectivity index (χ2v) is 4.19. The van der Waals surface area contributed by atoms with Crippen molar-refractivity contribution in [2.75, 3.05) is 0 Å². The summed E-state index contributed by atoms with van der Waals surface area (Å²) < 4.78 is 0.872. The lowest BCUT2D eigenvalue weighted by molar-refractivity contribution is -0.118. The Kier molecular flexibility index (Phi) is 3.21. The number of carbonyl (C=O) groups is 2. The number of carbonyl (C=O) groups excluding carboxylic acids is 2. The zero-order chi connectivity index (χ0) is 9.14. The fourth-order valence-corrected chi connectivity index (χ4v) is 2.40. The minimum absolute atomic E-state index is 0.318. The van der Waals surface area contributed by atoms with E-state index in [0.717, 1.165) is 3.57 Å². The Hall–Kier alpha value is -0.430. The van der Waals surface area contributed by atoms with Crippen LogP contribution in [0.2, 0.25) is 0 Å². The maximum atomic E-state index is 11.2. The quantitative estimate of drug-likeness (QED) is 0.800. The smallest absolute Gasteiger partial charge is 0.268 e. The third-order valence-corrected chi connectivity index (χ3v) is 3.29. The number of nitrogens with one attached hydrogen (secondary N) is 1. The van der Waals surface area contributed by atoms with Crippen LogP contribution in [0.3, 0.4) is 0 Å². The van der Waals surface area contributed by atoms with E-state index in [-0.39, 0.29) is 11.8 Å². The molecule has 12 heavy (non-hydrogen) atoms. The van der Waals surface area contributed by atoms with Crippen molar-refractivity contribution in [3.05, 3.63) is 19.9 Å². The van der Waals surface area contributed by atoms with Gasteiger partial charge in [-0.1, -0.05) is 0 Å². The highest BCUT2D eigenvalue weighted by atomic mass is 127. The fourth-order valence-electron chi connectivity index (χ4n) is 0.672. The summed E-state index contributed by atoms with van der Waals surface area (Å²) in [6, 6.07) is 1.83. The van der Waals surface area contributed by atoms with Crippen LogP contribution in [-0.2, 0) is 4.79 Å². The molecule has 0 spiro atoms. The Morgan fingerprint density at radius 2 is 2.25 bits per heavy atom. The number of rotatable bonds is 1. The molecule has 1 heterocycles. The molecule has 1 aromatic rings. The van der Waals surface area contributed by atoms with Gasteiger partial charge >= 0.3 is 0 Å². The second kappa shape index (κ2) is 3.99. The molecule has 5 heteroatoms. The zero-order valence-electron chi connectivity index (χ0n) is 6.26. The van der Waals surface area contributed by atoms with Gasteiger partial charge in [-0.25, -0.2) is 0 Å². The number of thiophene rings is 1. The normalized spacial score (nSPS) is 9.50. The van der Waals surface area contributed by atoms with Crippen LogP contribution in [-0.4, -0.2) is 11.8 Å². The van der Waals surface area contributed by atoms with Crippen LogP contribution in [0, 0.1) is 3.57 Å². The van der Waals surface area contributed by atoms with E-state index in [0.29, 0.717) is 4.88 Å². The standard InChI is InChI=1S/C7H6INO2S/c1-4(10)9-7(11)6-5(8)2-3-12-6/h2-3H,1H3,(H,9,10,11). The van der Waals surface area contributed by atoms with E-state index in [9.17, 15) is 9.59 Å². The SMILES string of the molecule is CC(=O)NC(=O)c1sccc1I. The van der Waals surface area contributed by atoms with Crippen LogP contribution in [0.1, 0.15) is 16.6 Å². The lowest BCUT2D eigenvalue weighted by Crippen LogP contribution is -2.27. The molecule has 0 bridgehead atoms. The van der Waals surface area contributed by atoms with Gasteiger partial charge in [-0.2, -0.15) is 0 Å². The highest BCUT2D eigenvalue weighted by Crippen LogP contribution is 2.18. The first-order valence-corrected chi connectivity index (χ1v) is 5.12. The third-order valence-electron chi connectivity index (χ3n) is 1.11. The van der Waals surface area contributed by atoms with Gasteiger partial charge in [0.25, 0.3) is 5.91 Å². The minimum Gasteiger partial charge on any atom is -0.292 e. The molecule has 0 saturated carbocycles. The van der Waals surface area contributed by atoms with Crippen molar-refractivity contribution < 1.29 is 9.59 Å². The first kappa shape index (κ1) is 9.66. The summed E-state index contributed by atoms with van der Waals surface area (Å²) in [5.41, 5.74) is 0. The molecule has 0 aliphatic rings. The molecule has 1 aromatic heterocycles. The van der Waals surface area contributed by atoms with Gasteiger partial charge in [0.1, 0.15) is 4.88 Å². The van der Waals surface area contributed by atoms with Crippen LogP contribution >= 0.6 is 33.9 Å². The first-order valence-electron chi connectivity index (χ1n) is 3.16. The highest BCUT2D eigenvalue weighted by molar-refractivity contribution is 14.1. The van der Waals surface area contributed by atoms with E-state index in [1.54, 1.807) is 0 Å². The van der Waals surface area contributed by atoms with Crippen molar-refractivity contribution in [2.45, 2.75) is 6.92 Å². The molecule has 1 rings (SSSR count). The van der Waals surface area contributed by atoms with E-state index in [1.165, 1.54) is 18.3 Å². The summed E-state index contributed by atoms with van der Waals surface area (Å²) in [7, 11) is 0. The molecular formula is C7H6INO2S. The van der Waals surface area contributed by atoms with E-state index in [2.05, 4.69) is 27.9 Å². The van der Waals surface area contributed by atoms with Gasteiger partial charge in [0.15, 0.2) is 0 Å². The summed E-state index contributed by atoms with van der Waals surface area (Å²) in [6.45, 7) is 1.32. The van der Waals surface area contributed by atoms with Gasteiger partial charge in [0.2, 0.25) is 5.91 Å². The molecule has 2 amide bonds. The Bertz CT molecular complexity index is 321. The van der Waals surface area contributed by atoms with E-state index in [1.807, 2.05) is 11.4 Å². The molecular weight excluding hydrogens is 289 g/mol. The van der Waals surface area contributed by atoms with Gasteiger partial charge in [-0.3, -0.25) is 14.9 Å². The van der Waals surface area contributed by atoms with Crippen molar-refractivity contribution in [1.82, 2.24) is 5.32 Å². The maximum Gasteiger partial charge on any atom is 0.268 e. The summed E-state index contributed by atoms with van der Waals surface area (Å²) in [5, 5.41) is 4.03. The average Bonchev–Trinajstić information content (AvgIpc) is 2.33. The van der Waals surface area contributed by atoms with Crippen LogP contribution in [0.5, 0.6) is 0 Å². The van der Waals surface area contributed by atoms with Crippen LogP contribution < -0.4 is 5.32 Å². The van der Waals surface area contributed by atoms with Crippen molar-refractivity contribution in [3.8, 4) is 0 Å². The van der Waals surface area contributed by atoms with E-state index < -0.39 is 0 Å². The molecule has 0 aliphatic heterocycles. The summed E-state index contributed by atoms with van der Waals surface area (Å²) in [6.07, 6.45) is 0. The molecule has 1 N–H and O–H groups in total. The summed E-state index contributed by atoms with van der Waals surface area (Å²) in [4.78, 5) is 22.3. The molecule has 0 radical (unpaired) electrons. The van der Waals surface area contributed by atoms with Gasteiger partial charge in [0.05, 0.1) is 0 Å². The lowest BCUT2D eigenvalue weighted by Gasteiger charge is -1.97. The molecule has 0 unspecified atom stereocenters. The van der Waals surface area contributed by atoms with E-state index >= 15 is 0 Å². The topological polar surface area (TPSA) is 46.2 Å². The maximum absolute atomic E-state index is 11.2. The molecule has 64 valence electrons. The Balaban J connectivity index is 2.78. The third kappa shape index (κ3) is 2.28. The fraction of sp³-hybridized carbons (Fsp3) is 0.143. The van der Waals surface area contributed by atoms with Crippen molar-refractivity contribution in [2.24, 2.45) is 0 Å². The first-order chi connectivity index (χ1) is 5.61. The van der Waals surface area contributed by atoms with Gasteiger partial charge in [0, 0.05) is 10.5 Å². The van der Waals surface area contributed by atoms with Crippen LogP contribution in [0.25, 0.3) is 0 Å². The predicted octanol–water partition coefficient (Wildman–Crippen LogP) is 1.63. The van der Waals surface area contributed by atoms with Gasteiger partial charge in [-0.15, -0.1) is 11.3 Å². The lowest BCUT2D eigenvalue weighted by atomic mass is 10.4.